The summed E-state index contributed by atoms with van der Waals surface area (Å²) in [5.41, 5.74) is 0.398. The molecule has 0 nitrogen and oxygen atoms in total. The highest BCUT2D eigenvalue weighted by Gasteiger charge is 2.14. The van der Waals surface area contributed by atoms with E-state index in [2.05, 4.69) is 15.9 Å². The first-order valence-corrected chi connectivity index (χ1v) is 4.46. The van der Waals surface area contributed by atoms with Crippen LogP contribution in [0.3, 0.4) is 0 Å². The fraction of sp³-hybridized carbons (Fsp3) is 0.333. The molecule has 0 aliphatic rings. The summed E-state index contributed by atoms with van der Waals surface area (Å²) in [5, 5.41) is 0. The molecule has 3 heteroatoms. The van der Waals surface area contributed by atoms with Crippen molar-refractivity contribution in [2.24, 2.45) is 0 Å². The molecule has 0 aromatic heterocycles. The van der Waals surface area contributed by atoms with Crippen molar-refractivity contribution in [3.63, 3.8) is 0 Å². The van der Waals surface area contributed by atoms with Crippen molar-refractivity contribution in [1.82, 2.24) is 0 Å². The van der Waals surface area contributed by atoms with Crippen LogP contribution in [0.1, 0.15) is 25.3 Å². The predicted molar refractivity (Wildman–Crippen MR) is 48.1 cm³/mol. The quantitative estimate of drug-likeness (QED) is 0.648. The molecule has 0 N–H and O–H groups in total. The van der Waals surface area contributed by atoms with Crippen LogP contribution in [-0.4, -0.2) is 0 Å². The second-order valence-electron chi connectivity index (χ2n) is 2.91. The molecule has 0 radical (unpaired) electrons. The maximum absolute atomic E-state index is 13.1. The molecule has 0 aliphatic heterocycles. The molecular weight excluding hydrogens is 226 g/mol. The SMILES string of the molecule is CC(C)c1c(Br)ccc(F)c1F. The van der Waals surface area contributed by atoms with E-state index in [4.69, 9.17) is 0 Å². The van der Waals surface area contributed by atoms with Gasteiger partial charge in [-0.1, -0.05) is 29.8 Å². The minimum atomic E-state index is -0.790. The molecule has 1 rings (SSSR count). The summed E-state index contributed by atoms with van der Waals surface area (Å²) in [5.74, 6) is -1.56. The molecule has 0 aliphatic carbocycles. The highest BCUT2D eigenvalue weighted by atomic mass is 79.9. The molecule has 0 unspecified atom stereocenters. The normalized spacial score (nSPS) is 10.8. The Bertz CT molecular complexity index is 295. The lowest BCUT2D eigenvalue weighted by Gasteiger charge is -2.09. The Kier molecular flexibility index (Phi) is 2.83. The minimum Gasteiger partial charge on any atom is -0.204 e. The van der Waals surface area contributed by atoms with Gasteiger partial charge in [-0.2, -0.15) is 0 Å². The highest BCUT2D eigenvalue weighted by Crippen LogP contribution is 2.28. The van der Waals surface area contributed by atoms with E-state index in [1.165, 1.54) is 6.07 Å². The molecule has 0 fully saturated rings. The Morgan fingerprint density at radius 1 is 1.25 bits per heavy atom. The van der Waals surface area contributed by atoms with Gasteiger partial charge in [-0.3, -0.25) is 0 Å². The van der Waals surface area contributed by atoms with E-state index in [0.29, 0.717) is 10.0 Å². The summed E-state index contributed by atoms with van der Waals surface area (Å²) >= 11 is 3.18. The number of hydrogen-bond donors (Lipinski definition) is 0. The lowest BCUT2D eigenvalue weighted by molar-refractivity contribution is 0.492. The van der Waals surface area contributed by atoms with Gasteiger partial charge < -0.3 is 0 Å². The minimum absolute atomic E-state index is 0.0184. The fourth-order valence-electron chi connectivity index (χ4n) is 1.07. The van der Waals surface area contributed by atoms with Crippen LogP contribution < -0.4 is 0 Å². The average Bonchev–Trinajstić information content (AvgIpc) is 1.97. The average molecular weight is 235 g/mol. The van der Waals surface area contributed by atoms with Gasteiger partial charge in [0.1, 0.15) is 0 Å². The molecule has 0 saturated heterocycles. The third kappa shape index (κ3) is 1.66. The van der Waals surface area contributed by atoms with Gasteiger partial charge in [0, 0.05) is 10.0 Å². The zero-order chi connectivity index (χ0) is 9.30. The van der Waals surface area contributed by atoms with Crippen molar-refractivity contribution in [3.8, 4) is 0 Å². The molecular formula is C9H9BrF2. The maximum Gasteiger partial charge on any atom is 0.163 e. The van der Waals surface area contributed by atoms with E-state index < -0.39 is 11.6 Å². The van der Waals surface area contributed by atoms with Crippen LogP contribution in [0.5, 0.6) is 0 Å². The Labute approximate surface area is 78.7 Å². The molecule has 0 bridgehead atoms. The van der Waals surface area contributed by atoms with Gasteiger partial charge in [0.2, 0.25) is 0 Å². The van der Waals surface area contributed by atoms with Gasteiger partial charge in [0.25, 0.3) is 0 Å². The molecule has 0 spiro atoms. The second kappa shape index (κ2) is 3.52. The summed E-state index contributed by atoms with van der Waals surface area (Å²) in [7, 11) is 0. The maximum atomic E-state index is 13.1. The van der Waals surface area contributed by atoms with Crippen molar-refractivity contribution >= 4 is 15.9 Å². The Morgan fingerprint density at radius 2 is 1.83 bits per heavy atom. The van der Waals surface area contributed by atoms with Crippen molar-refractivity contribution < 1.29 is 8.78 Å². The van der Waals surface area contributed by atoms with Crippen LogP contribution in [-0.2, 0) is 0 Å². The first kappa shape index (κ1) is 9.65. The second-order valence-corrected chi connectivity index (χ2v) is 3.77. The van der Waals surface area contributed by atoms with E-state index in [1.807, 2.05) is 13.8 Å². The van der Waals surface area contributed by atoms with Crippen LogP contribution in [0.25, 0.3) is 0 Å². The smallest absolute Gasteiger partial charge is 0.163 e. The standard InChI is InChI=1S/C9H9BrF2/c1-5(2)8-6(10)3-4-7(11)9(8)12/h3-5H,1-2H3. The van der Waals surface area contributed by atoms with E-state index in [-0.39, 0.29) is 5.92 Å². The summed E-state index contributed by atoms with van der Waals surface area (Å²) in [4.78, 5) is 0. The topological polar surface area (TPSA) is 0 Å². The molecule has 66 valence electrons. The fourth-order valence-corrected chi connectivity index (χ4v) is 1.84. The van der Waals surface area contributed by atoms with Crippen LogP contribution in [0, 0.1) is 11.6 Å². The molecule has 12 heavy (non-hydrogen) atoms. The lowest BCUT2D eigenvalue weighted by atomic mass is 10.0. The number of benzene rings is 1. The molecule has 0 amide bonds. The largest absolute Gasteiger partial charge is 0.204 e. The van der Waals surface area contributed by atoms with Gasteiger partial charge >= 0.3 is 0 Å². The Morgan fingerprint density at radius 3 is 2.25 bits per heavy atom. The van der Waals surface area contributed by atoms with Crippen molar-refractivity contribution in [2.75, 3.05) is 0 Å². The molecule has 1 aromatic carbocycles. The van der Waals surface area contributed by atoms with Crippen molar-refractivity contribution in [1.29, 1.82) is 0 Å². The van der Waals surface area contributed by atoms with Gasteiger partial charge in [-0.05, 0) is 18.1 Å². The molecule has 0 saturated carbocycles. The van der Waals surface area contributed by atoms with E-state index >= 15 is 0 Å². The Hall–Kier alpha value is -0.440. The third-order valence-electron chi connectivity index (χ3n) is 1.66. The van der Waals surface area contributed by atoms with Gasteiger partial charge in [-0.15, -0.1) is 0 Å². The van der Waals surface area contributed by atoms with Crippen LogP contribution in [0.15, 0.2) is 16.6 Å². The third-order valence-corrected chi connectivity index (χ3v) is 2.35. The first-order valence-electron chi connectivity index (χ1n) is 3.67. The molecule has 0 heterocycles. The van der Waals surface area contributed by atoms with Crippen LogP contribution >= 0.6 is 15.9 Å². The molecule has 1 aromatic rings. The van der Waals surface area contributed by atoms with E-state index in [1.54, 1.807) is 0 Å². The summed E-state index contributed by atoms with van der Waals surface area (Å²) < 4.78 is 26.5. The first-order chi connectivity index (χ1) is 5.54. The van der Waals surface area contributed by atoms with E-state index in [9.17, 15) is 8.78 Å². The Balaban J connectivity index is 3.33. The monoisotopic (exact) mass is 234 g/mol. The number of hydrogen-bond acceptors (Lipinski definition) is 0. The number of halogens is 3. The van der Waals surface area contributed by atoms with Crippen LogP contribution in [0.4, 0.5) is 8.78 Å². The zero-order valence-electron chi connectivity index (χ0n) is 6.87. The van der Waals surface area contributed by atoms with Crippen LogP contribution in [0.2, 0.25) is 0 Å². The van der Waals surface area contributed by atoms with Crippen molar-refractivity contribution in [2.45, 2.75) is 19.8 Å². The molecule has 0 atom stereocenters. The number of rotatable bonds is 1. The highest BCUT2D eigenvalue weighted by molar-refractivity contribution is 9.10. The van der Waals surface area contributed by atoms with E-state index in [0.717, 1.165) is 6.07 Å². The van der Waals surface area contributed by atoms with Gasteiger partial charge in [0.05, 0.1) is 0 Å². The van der Waals surface area contributed by atoms with Crippen molar-refractivity contribution in [3.05, 3.63) is 33.8 Å². The summed E-state index contributed by atoms with van der Waals surface area (Å²) in [6.45, 7) is 3.64. The van der Waals surface area contributed by atoms with Gasteiger partial charge in [0.15, 0.2) is 11.6 Å². The lowest BCUT2D eigenvalue weighted by Crippen LogP contribution is -1.97. The zero-order valence-corrected chi connectivity index (χ0v) is 8.45. The predicted octanol–water partition coefficient (Wildman–Crippen LogP) is 3.85. The summed E-state index contributed by atoms with van der Waals surface area (Å²) in [6.07, 6.45) is 0. The summed E-state index contributed by atoms with van der Waals surface area (Å²) in [6, 6.07) is 2.64. The van der Waals surface area contributed by atoms with Gasteiger partial charge in [-0.25, -0.2) is 8.78 Å².